The van der Waals surface area contributed by atoms with Gasteiger partial charge < -0.3 is 25.0 Å². The Labute approximate surface area is 133 Å². The minimum Gasteiger partial charge on any atom is -0.503 e. The maximum Gasteiger partial charge on any atom is 0.234 e. The van der Waals surface area contributed by atoms with Crippen molar-refractivity contribution in [3.63, 3.8) is 0 Å². The van der Waals surface area contributed by atoms with E-state index in [1.54, 1.807) is 6.92 Å². The van der Waals surface area contributed by atoms with Gasteiger partial charge in [-0.15, -0.1) is 0 Å². The largest absolute Gasteiger partial charge is 0.503 e. The number of nitrogens with one attached hydrogen (secondary N) is 1. The van der Waals surface area contributed by atoms with Crippen molar-refractivity contribution in [2.24, 2.45) is 5.92 Å². The molecule has 23 heavy (non-hydrogen) atoms. The van der Waals surface area contributed by atoms with E-state index in [4.69, 9.17) is 0 Å². The van der Waals surface area contributed by atoms with Gasteiger partial charge in [-0.05, 0) is 12.3 Å². The molecule has 1 amide bonds. The summed E-state index contributed by atoms with van der Waals surface area (Å²) >= 11 is 0. The predicted octanol–water partition coefficient (Wildman–Crippen LogP) is 1.06. The lowest BCUT2D eigenvalue weighted by atomic mass is 9.92. The lowest BCUT2D eigenvalue weighted by Gasteiger charge is -2.41. The number of amides is 1. The smallest absolute Gasteiger partial charge is 0.234 e. The molecule has 0 saturated carbocycles. The standard InChI is InChI=1S/C15H21N5O3/c1-8-4-5-20(9(2)21)6-10(8)19(3)14-11-12(22)15(23)18-13(11)16-7-17-14/h7-8,10,22-23H,4-6H2,1-3H3,(H,16,17,18). The fourth-order valence-electron chi connectivity index (χ4n) is 3.24. The van der Waals surface area contributed by atoms with Crippen molar-refractivity contribution in [2.75, 3.05) is 25.0 Å². The molecule has 0 aromatic carbocycles. The van der Waals surface area contributed by atoms with Crippen LogP contribution in [0.25, 0.3) is 11.0 Å². The van der Waals surface area contributed by atoms with Crippen molar-refractivity contribution in [1.29, 1.82) is 0 Å². The molecule has 2 aromatic heterocycles. The molecule has 3 rings (SSSR count). The number of anilines is 1. The summed E-state index contributed by atoms with van der Waals surface area (Å²) in [4.78, 5) is 26.4. The Morgan fingerprint density at radius 1 is 1.43 bits per heavy atom. The Morgan fingerprint density at radius 2 is 2.17 bits per heavy atom. The summed E-state index contributed by atoms with van der Waals surface area (Å²) < 4.78 is 0. The number of hydrogen-bond donors (Lipinski definition) is 3. The highest BCUT2D eigenvalue weighted by Gasteiger charge is 2.32. The van der Waals surface area contributed by atoms with E-state index < -0.39 is 0 Å². The first-order valence-electron chi connectivity index (χ1n) is 7.63. The number of aromatic amines is 1. The Kier molecular flexibility index (Phi) is 3.75. The molecule has 8 heteroatoms. The highest BCUT2D eigenvalue weighted by Crippen LogP contribution is 2.38. The molecule has 0 bridgehead atoms. The van der Waals surface area contributed by atoms with Crippen LogP contribution in [0, 0.1) is 5.92 Å². The summed E-state index contributed by atoms with van der Waals surface area (Å²) in [6, 6.07) is 0.0715. The molecule has 0 radical (unpaired) electrons. The minimum atomic E-state index is -0.322. The van der Waals surface area contributed by atoms with Gasteiger partial charge in [0, 0.05) is 27.1 Å². The highest BCUT2D eigenvalue weighted by atomic mass is 16.3. The van der Waals surface area contributed by atoms with Gasteiger partial charge in [0.2, 0.25) is 11.8 Å². The van der Waals surface area contributed by atoms with Gasteiger partial charge in [0.15, 0.2) is 5.75 Å². The summed E-state index contributed by atoms with van der Waals surface area (Å²) in [5, 5.41) is 20.2. The van der Waals surface area contributed by atoms with Crippen LogP contribution in [0.3, 0.4) is 0 Å². The number of likely N-dealkylation sites (N-methyl/N-ethyl adjacent to an activating group) is 1. The van der Waals surface area contributed by atoms with Crippen LogP contribution >= 0.6 is 0 Å². The number of aromatic hydroxyl groups is 2. The molecule has 2 unspecified atom stereocenters. The van der Waals surface area contributed by atoms with Crippen molar-refractivity contribution in [3.8, 4) is 11.6 Å². The number of likely N-dealkylation sites (tertiary alicyclic amines) is 1. The molecular formula is C15H21N5O3. The number of aromatic nitrogens is 3. The van der Waals surface area contributed by atoms with E-state index in [2.05, 4.69) is 21.9 Å². The fourth-order valence-corrected chi connectivity index (χ4v) is 3.24. The number of rotatable bonds is 2. The monoisotopic (exact) mass is 319 g/mol. The second-order valence-corrected chi connectivity index (χ2v) is 6.15. The fraction of sp³-hybridized carbons (Fsp3) is 0.533. The average molecular weight is 319 g/mol. The Balaban J connectivity index is 1.99. The van der Waals surface area contributed by atoms with Gasteiger partial charge in [-0.25, -0.2) is 9.97 Å². The van der Waals surface area contributed by atoms with E-state index in [0.29, 0.717) is 29.3 Å². The number of carbonyl (C=O) groups is 1. The van der Waals surface area contributed by atoms with Gasteiger partial charge in [0.1, 0.15) is 23.2 Å². The van der Waals surface area contributed by atoms with Gasteiger partial charge >= 0.3 is 0 Å². The molecule has 2 aromatic rings. The summed E-state index contributed by atoms with van der Waals surface area (Å²) in [7, 11) is 1.88. The third kappa shape index (κ3) is 2.54. The van der Waals surface area contributed by atoms with Crippen LogP contribution in [-0.4, -0.2) is 62.2 Å². The molecule has 3 N–H and O–H groups in total. The van der Waals surface area contributed by atoms with Crippen LogP contribution in [0.2, 0.25) is 0 Å². The van der Waals surface area contributed by atoms with E-state index in [1.165, 1.54) is 6.33 Å². The van der Waals surface area contributed by atoms with Crippen LogP contribution < -0.4 is 4.90 Å². The quantitative estimate of drug-likeness (QED) is 0.764. The topological polar surface area (TPSA) is 106 Å². The van der Waals surface area contributed by atoms with Gasteiger partial charge in [0.05, 0.1) is 6.04 Å². The van der Waals surface area contributed by atoms with Crippen molar-refractivity contribution in [2.45, 2.75) is 26.3 Å². The zero-order chi connectivity index (χ0) is 16.7. The van der Waals surface area contributed by atoms with Gasteiger partial charge in [0.25, 0.3) is 0 Å². The van der Waals surface area contributed by atoms with Gasteiger partial charge in [-0.3, -0.25) is 4.79 Å². The molecule has 0 spiro atoms. The van der Waals surface area contributed by atoms with E-state index in [0.717, 1.165) is 13.0 Å². The second-order valence-electron chi connectivity index (χ2n) is 6.15. The normalized spacial score (nSPS) is 21.6. The maximum absolute atomic E-state index is 11.7. The molecule has 0 aliphatic carbocycles. The zero-order valence-corrected chi connectivity index (χ0v) is 13.4. The zero-order valence-electron chi connectivity index (χ0n) is 13.4. The molecule has 124 valence electrons. The van der Waals surface area contributed by atoms with E-state index in [-0.39, 0.29) is 23.6 Å². The van der Waals surface area contributed by atoms with Gasteiger partial charge in [-0.1, -0.05) is 6.92 Å². The lowest BCUT2D eigenvalue weighted by molar-refractivity contribution is -0.130. The lowest BCUT2D eigenvalue weighted by Crippen LogP contribution is -2.52. The molecule has 1 aliphatic heterocycles. The number of fused-ring (bicyclic) bond motifs is 1. The van der Waals surface area contributed by atoms with E-state index in [9.17, 15) is 15.0 Å². The van der Waals surface area contributed by atoms with Crippen LogP contribution in [0.5, 0.6) is 11.6 Å². The Hall–Kier alpha value is -2.51. The molecule has 8 nitrogen and oxygen atoms in total. The van der Waals surface area contributed by atoms with E-state index in [1.807, 2.05) is 16.8 Å². The highest BCUT2D eigenvalue weighted by molar-refractivity contribution is 5.95. The SMILES string of the molecule is CC(=O)N1CCC(C)C(N(C)c2ncnc3[nH]c(O)c(O)c23)C1. The number of piperidine rings is 1. The van der Waals surface area contributed by atoms with Crippen molar-refractivity contribution < 1.29 is 15.0 Å². The first kappa shape index (κ1) is 15.4. The third-order valence-electron chi connectivity index (χ3n) is 4.72. The molecule has 1 saturated heterocycles. The van der Waals surface area contributed by atoms with Crippen molar-refractivity contribution in [1.82, 2.24) is 19.9 Å². The van der Waals surface area contributed by atoms with Crippen LogP contribution in [-0.2, 0) is 4.79 Å². The molecule has 1 aliphatic rings. The summed E-state index contributed by atoms with van der Waals surface area (Å²) in [6.07, 6.45) is 2.30. The third-order valence-corrected chi connectivity index (χ3v) is 4.72. The summed E-state index contributed by atoms with van der Waals surface area (Å²) in [5.41, 5.74) is 0.378. The molecule has 2 atom stereocenters. The summed E-state index contributed by atoms with van der Waals surface area (Å²) in [5.74, 6) is 0.387. The Bertz CT molecular complexity index is 744. The van der Waals surface area contributed by atoms with Gasteiger partial charge in [-0.2, -0.15) is 0 Å². The van der Waals surface area contributed by atoms with Crippen molar-refractivity contribution >= 4 is 22.8 Å². The predicted molar refractivity (Wildman–Crippen MR) is 85.4 cm³/mol. The van der Waals surface area contributed by atoms with E-state index >= 15 is 0 Å². The first-order valence-corrected chi connectivity index (χ1v) is 7.63. The first-order chi connectivity index (χ1) is 10.9. The molecular weight excluding hydrogens is 298 g/mol. The average Bonchev–Trinajstić information content (AvgIpc) is 2.82. The maximum atomic E-state index is 11.7. The van der Waals surface area contributed by atoms with Crippen LogP contribution in [0.4, 0.5) is 5.82 Å². The van der Waals surface area contributed by atoms with Crippen LogP contribution in [0.1, 0.15) is 20.3 Å². The second kappa shape index (κ2) is 5.60. The molecule has 3 heterocycles. The van der Waals surface area contributed by atoms with Crippen molar-refractivity contribution in [3.05, 3.63) is 6.33 Å². The van der Waals surface area contributed by atoms with Crippen LogP contribution in [0.15, 0.2) is 6.33 Å². The Morgan fingerprint density at radius 3 is 2.87 bits per heavy atom. The number of nitrogens with zero attached hydrogens (tertiary/aromatic N) is 4. The number of H-pyrrole nitrogens is 1. The molecule has 1 fully saturated rings. The number of hydrogen-bond acceptors (Lipinski definition) is 6. The number of carbonyl (C=O) groups excluding carboxylic acids is 1. The summed E-state index contributed by atoms with van der Waals surface area (Å²) in [6.45, 7) is 5.09. The minimum absolute atomic E-state index is 0.0604.